The Bertz CT molecular complexity index is 2000. The van der Waals surface area contributed by atoms with Crippen LogP contribution in [0.5, 0.6) is 0 Å². The van der Waals surface area contributed by atoms with E-state index in [4.69, 9.17) is 32.8 Å². The zero-order valence-corrected chi connectivity index (χ0v) is 29.4. The number of rotatable bonds is 13. The van der Waals surface area contributed by atoms with Gasteiger partial charge >= 0.3 is 11.9 Å². The van der Waals surface area contributed by atoms with Crippen molar-refractivity contribution in [2.75, 3.05) is 13.7 Å². The minimum Gasteiger partial charge on any atom is -0.481 e. The minimum atomic E-state index is -1.83. The van der Waals surface area contributed by atoms with Gasteiger partial charge in [-0.3, -0.25) is 24.2 Å². The number of aromatic nitrogens is 1. The first-order valence-electron chi connectivity index (χ1n) is 15.9. The van der Waals surface area contributed by atoms with Crippen LogP contribution in [0.4, 0.5) is 0 Å². The first-order valence-corrected chi connectivity index (χ1v) is 16.7. The molecule has 264 valence electrons. The number of ketones is 1. The molecule has 5 rings (SSSR count). The van der Waals surface area contributed by atoms with Crippen LogP contribution in [0.2, 0.25) is 10.0 Å². The van der Waals surface area contributed by atoms with E-state index in [1.54, 1.807) is 54.7 Å². The third-order valence-electron chi connectivity index (χ3n) is 8.58. The average molecular weight is 734 g/mol. The number of oxime groups is 1. The number of carboxylic acid groups (broad SMARTS) is 1. The summed E-state index contributed by atoms with van der Waals surface area (Å²) in [5.41, 5.74) is -0.194. The fourth-order valence-electron chi connectivity index (χ4n) is 5.93. The van der Waals surface area contributed by atoms with Crippen molar-refractivity contribution >= 4 is 69.4 Å². The topological polar surface area (TPSA) is 165 Å². The maximum absolute atomic E-state index is 14.5. The summed E-state index contributed by atoms with van der Waals surface area (Å²) in [6.07, 6.45) is 0.623. The monoisotopic (exact) mass is 732 g/mol. The molecule has 0 saturated carbocycles. The van der Waals surface area contributed by atoms with E-state index in [1.165, 1.54) is 25.2 Å². The van der Waals surface area contributed by atoms with Crippen molar-refractivity contribution in [2.45, 2.75) is 44.4 Å². The summed E-state index contributed by atoms with van der Waals surface area (Å²) in [7, 11) is 1.27. The molecule has 51 heavy (non-hydrogen) atoms. The first kappa shape index (κ1) is 36.9. The van der Waals surface area contributed by atoms with Gasteiger partial charge in [0.05, 0.1) is 44.9 Å². The van der Waals surface area contributed by atoms with Crippen molar-refractivity contribution in [1.29, 1.82) is 0 Å². The molecule has 0 bridgehead atoms. The van der Waals surface area contributed by atoms with E-state index >= 15 is 0 Å². The van der Waals surface area contributed by atoms with Gasteiger partial charge in [0, 0.05) is 30.6 Å². The maximum Gasteiger partial charge on any atom is 0.341 e. The van der Waals surface area contributed by atoms with Crippen LogP contribution < -0.4 is 5.32 Å². The second-order valence-electron chi connectivity index (χ2n) is 12.3. The number of nitrogens with one attached hydrogen (secondary N) is 1. The van der Waals surface area contributed by atoms with Crippen molar-refractivity contribution in [3.8, 4) is 0 Å². The zero-order valence-electron chi connectivity index (χ0n) is 27.8. The molecule has 3 aromatic carbocycles. The number of aliphatic carboxylic acids is 1. The Morgan fingerprint density at radius 2 is 1.63 bits per heavy atom. The average Bonchev–Trinajstić information content (AvgIpc) is 3.57. The Morgan fingerprint density at radius 3 is 2.29 bits per heavy atom. The summed E-state index contributed by atoms with van der Waals surface area (Å²) in [5, 5.41) is 17.7. The van der Waals surface area contributed by atoms with Crippen LogP contribution in [0.15, 0.2) is 90.2 Å². The van der Waals surface area contributed by atoms with Gasteiger partial charge < -0.3 is 24.9 Å². The minimum absolute atomic E-state index is 0.00154. The van der Waals surface area contributed by atoms with Gasteiger partial charge in [0.2, 0.25) is 5.60 Å². The molecule has 0 saturated heterocycles. The summed E-state index contributed by atoms with van der Waals surface area (Å²) in [5.74, 6) is -4.61. The summed E-state index contributed by atoms with van der Waals surface area (Å²) in [4.78, 5) is 77.6. The number of esters is 1. The number of carbonyl (C=O) groups is 5. The first-order chi connectivity index (χ1) is 24.3. The molecular formula is C37H34Cl2N4O8. The van der Waals surface area contributed by atoms with E-state index in [-0.39, 0.29) is 33.9 Å². The summed E-state index contributed by atoms with van der Waals surface area (Å²) in [6, 6.07) is 19.4. The molecule has 0 spiro atoms. The number of amides is 2. The molecule has 12 nitrogen and oxygen atoms in total. The lowest BCUT2D eigenvalue weighted by Gasteiger charge is -2.34. The van der Waals surface area contributed by atoms with Gasteiger partial charge in [0.1, 0.15) is 6.04 Å². The van der Waals surface area contributed by atoms with Crippen LogP contribution in [0.25, 0.3) is 10.9 Å². The van der Waals surface area contributed by atoms with E-state index in [2.05, 4.69) is 15.5 Å². The quantitative estimate of drug-likeness (QED) is 0.164. The van der Waals surface area contributed by atoms with Crippen LogP contribution in [-0.4, -0.2) is 76.0 Å². The zero-order chi connectivity index (χ0) is 36.9. The normalized spacial score (nSPS) is 16.5. The SMILES string of the molecule is CC(C)[C@H](NC(=O)c1ccnc2ccccc12)C1=NOC(C(=O)N(C)[C@@H](CC(=O)O)C(=O)COC(=O)c2c(Cl)cccc2Cl)(c2ccccc2)C1. The van der Waals surface area contributed by atoms with E-state index in [1.807, 2.05) is 26.0 Å². The van der Waals surface area contributed by atoms with Gasteiger partial charge in [0.15, 0.2) is 12.4 Å². The molecule has 2 amide bonds. The number of Topliss-reactive ketones (excluding diaryl/α,β-unsaturated/α-hetero) is 1. The highest BCUT2D eigenvalue weighted by molar-refractivity contribution is 6.39. The fourth-order valence-corrected chi connectivity index (χ4v) is 6.48. The number of para-hydroxylation sites is 1. The second-order valence-corrected chi connectivity index (χ2v) is 13.1. The number of carbonyl (C=O) groups excluding carboxylic acids is 4. The van der Waals surface area contributed by atoms with Crippen molar-refractivity contribution in [1.82, 2.24) is 15.2 Å². The molecular weight excluding hydrogens is 699 g/mol. The Kier molecular flexibility index (Phi) is 11.4. The van der Waals surface area contributed by atoms with Gasteiger partial charge in [-0.25, -0.2) is 4.79 Å². The number of benzene rings is 3. The van der Waals surface area contributed by atoms with Gasteiger partial charge in [-0.05, 0) is 30.2 Å². The lowest BCUT2D eigenvalue weighted by Crippen LogP contribution is -2.54. The predicted molar refractivity (Wildman–Crippen MR) is 190 cm³/mol. The molecule has 1 aliphatic rings. The molecule has 4 aromatic rings. The molecule has 0 radical (unpaired) electrons. The number of nitrogens with zero attached hydrogens (tertiary/aromatic N) is 3. The van der Waals surface area contributed by atoms with Gasteiger partial charge in [-0.2, -0.15) is 0 Å². The molecule has 1 aliphatic heterocycles. The van der Waals surface area contributed by atoms with E-state index in [0.717, 1.165) is 4.90 Å². The highest BCUT2D eigenvalue weighted by Gasteiger charge is 2.53. The fraction of sp³-hybridized carbons (Fsp3) is 0.270. The van der Waals surface area contributed by atoms with Gasteiger partial charge in [0.25, 0.3) is 11.8 Å². The largest absolute Gasteiger partial charge is 0.481 e. The smallest absolute Gasteiger partial charge is 0.341 e. The number of ether oxygens (including phenoxy) is 1. The van der Waals surface area contributed by atoms with Crippen molar-refractivity contribution in [3.05, 3.63) is 112 Å². The number of halogens is 2. The molecule has 0 aliphatic carbocycles. The number of hydrogen-bond donors (Lipinski definition) is 2. The molecule has 14 heteroatoms. The van der Waals surface area contributed by atoms with Crippen LogP contribution in [0.3, 0.4) is 0 Å². The number of carboxylic acids is 1. The molecule has 3 atom stereocenters. The standard InChI is InChI=1S/C37H34Cl2N4O8/c1-21(2)33(41-34(47)24-16-17-40-27-15-8-7-12-23(24)27)28-19-37(51-42-28,22-10-5-4-6-11-22)36(49)43(3)29(18-31(45)46)30(44)20-50-35(48)32-25(38)13-9-14-26(32)39/h4-17,21,29,33H,18-20H2,1-3H3,(H,41,47)(H,45,46)/t29-,33-,37?/m0/s1. The van der Waals surface area contributed by atoms with E-state index in [9.17, 15) is 29.1 Å². The van der Waals surface area contributed by atoms with E-state index < -0.39 is 54.3 Å². The third-order valence-corrected chi connectivity index (χ3v) is 9.21. The Labute approximate surface area is 303 Å². The molecule has 2 heterocycles. The number of fused-ring (bicyclic) bond motifs is 1. The Balaban J connectivity index is 1.40. The lowest BCUT2D eigenvalue weighted by molar-refractivity contribution is -0.161. The van der Waals surface area contributed by atoms with Crippen LogP contribution >= 0.6 is 23.2 Å². The second kappa shape index (κ2) is 15.7. The van der Waals surface area contributed by atoms with Gasteiger partial charge in [-0.15, -0.1) is 0 Å². The summed E-state index contributed by atoms with van der Waals surface area (Å²) < 4.78 is 5.17. The molecule has 0 fully saturated rings. The number of hydrogen-bond acceptors (Lipinski definition) is 9. The maximum atomic E-state index is 14.5. The lowest BCUT2D eigenvalue weighted by atomic mass is 9.83. The molecule has 1 unspecified atom stereocenters. The van der Waals surface area contributed by atoms with Crippen LogP contribution in [-0.2, 0) is 29.6 Å². The highest BCUT2D eigenvalue weighted by Crippen LogP contribution is 2.39. The van der Waals surface area contributed by atoms with Crippen molar-refractivity contribution < 1.29 is 38.7 Å². The van der Waals surface area contributed by atoms with Crippen molar-refractivity contribution in [3.63, 3.8) is 0 Å². The molecule has 1 aromatic heterocycles. The Morgan fingerprint density at radius 1 is 0.961 bits per heavy atom. The predicted octanol–water partition coefficient (Wildman–Crippen LogP) is 5.70. The van der Waals surface area contributed by atoms with Crippen LogP contribution in [0, 0.1) is 5.92 Å². The Hall–Kier alpha value is -5.33. The van der Waals surface area contributed by atoms with Gasteiger partial charge in [-0.1, -0.05) is 96.8 Å². The third kappa shape index (κ3) is 7.87. The number of pyridine rings is 1. The van der Waals surface area contributed by atoms with Crippen molar-refractivity contribution in [2.24, 2.45) is 11.1 Å². The summed E-state index contributed by atoms with van der Waals surface area (Å²) >= 11 is 12.2. The van der Waals surface area contributed by atoms with E-state index in [0.29, 0.717) is 27.7 Å². The highest BCUT2D eigenvalue weighted by atomic mass is 35.5. The number of likely N-dealkylation sites (N-methyl/N-ethyl adjacent to an activating group) is 1. The summed E-state index contributed by atoms with van der Waals surface area (Å²) in [6.45, 7) is 2.89. The molecule has 2 N–H and O–H groups in total. The van der Waals surface area contributed by atoms with Crippen LogP contribution in [0.1, 0.15) is 53.0 Å².